The first-order valence-corrected chi connectivity index (χ1v) is 9.95. The van der Waals surface area contributed by atoms with Gasteiger partial charge in [0, 0.05) is 18.8 Å². The van der Waals surface area contributed by atoms with Gasteiger partial charge in [0.25, 0.3) is 5.91 Å². The zero-order valence-electron chi connectivity index (χ0n) is 15.2. The van der Waals surface area contributed by atoms with Gasteiger partial charge in [0.1, 0.15) is 0 Å². The van der Waals surface area contributed by atoms with E-state index in [1.807, 2.05) is 49.4 Å². The second-order valence-electron chi connectivity index (χ2n) is 6.12. The third-order valence-corrected chi connectivity index (χ3v) is 5.71. The average molecular weight is 383 g/mol. The van der Waals surface area contributed by atoms with Gasteiger partial charge in [-0.05, 0) is 56.7 Å². The standard InChI is InChI=1S/C21H22N2OS2/c1-4-22(5-2)17-12-8-16(9-13-17)14-19-20(24)23(21(25)26-19)18-10-6-15(3)7-11-18/h6-14H,4-5H2,1-3H3/b19-14-. The van der Waals surface area contributed by atoms with Crippen molar-refractivity contribution < 1.29 is 4.79 Å². The van der Waals surface area contributed by atoms with Crippen LogP contribution in [-0.2, 0) is 4.79 Å². The van der Waals surface area contributed by atoms with Crippen molar-refractivity contribution in [1.29, 1.82) is 0 Å². The van der Waals surface area contributed by atoms with Gasteiger partial charge in [0.2, 0.25) is 0 Å². The van der Waals surface area contributed by atoms with Gasteiger partial charge >= 0.3 is 0 Å². The fourth-order valence-electron chi connectivity index (χ4n) is 2.91. The fourth-order valence-corrected chi connectivity index (χ4v) is 4.20. The summed E-state index contributed by atoms with van der Waals surface area (Å²) < 4.78 is 0.574. The first-order valence-electron chi connectivity index (χ1n) is 8.73. The van der Waals surface area contributed by atoms with Gasteiger partial charge in [-0.25, -0.2) is 0 Å². The van der Waals surface area contributed by atoms with Gasteiger partial charge < -0.3 is 4.90 Å². The quantitative estimate of drug-likeness (QED) is 0.521. The van der Waals surface area contributed by atoms with Gasteiger partial charge in [-0.1, -0.05) is 53.8 Å². The summed E-state index contributed by atoms with van der Waals surface area (Å²) in [6.07, 6.45) is 1.92. The second-order valence-corrected chi connectivity index (χ2v) is 7.79. The van der Waals surface area contributed by atoms with Gasteiger partial charge in [0.05, 0.1) is 10.6 Å². The number of hydrogen-bond donors (Lipinski definition) is 0. The summed E-state index contributed by atoms with van der Waals surface area (Å²) in [4.78, 5) is 17.4. The molecule has 134 valence electrons. The normalized spacial score (nSPS) is 15.8. The minimum atomic E-state index is -0.0586. The summed E-state index contributed by atoms with van der Waals surface area (Å²) in [6.45, 7) is 8.27. The molecule has 0 unspecified atom stereocenters. The van der Waals surface area contributed by atoms with Crippen LogP contribution in [0.2, 0.25) is 0 Å². The van der Waals surface area contributed by atoms with E-state index in [0.29, 0.717) is 9.23 Å². The maximum absolute atomic E-state index is 12.8. The smallest absolute Gasteiger partial charge is 0.270 e. The lowest BCUT2D eigenvalue weighted by Gasteiger charge is -2.20. The molecule has 0 aromatic heterocycles. The molecule has 1 aliphatic heterocycles. The molecule has 1 saturated heterocycles. The molecular formula is C21H22N2OS2. The van der Waals surface area contributed by atoms with E-state index < -0.39 is 0 Å². The Bertz CT molecular complexity index is 837. The largest absolute Gasteiger partial charge is 0.372 e. The van der Waals surface area contributed by atoms with Gasteiger partial charge in [-0.2, -0.15) is 0 Å². The molecule has 3 rings (SSSR count). The summed E-state index contributed by atoms with van der Waals surface area (Å²) in [5.41, 5.74) is 4.17. The Morgan fingerprint density at radius 3 is 2.23 bits per heavy atom. The van der Waals surface area contributed by atoms with E-state index in [4.69, 9.17) is 12.2 Å². The van der Waals surface area contributed by atoms with Crippen LogP contribution in [0.25, 0.3) is 6.08 Å². The number of hydrogen-bond acceptors (Lipinski definition) is 4. The molecule has 5 heteroatoms. The Hall–Kier alpha value is -2.11. The van der Waals surface area contributed by atoms with E-state index in [0.717, 1.165) is 29.9 Å². The lowest BCUT2D eigenvalue weighted by molar-refractivity contribution is -0.113. The van der Waals surface area contributed by atoms with Crippen molar-refractivity contribution in [2.24, 2.45) is 0 Å². The second kappa shape index (κ2) is 8.06. The lowest BCUT2D eigenvalue weighted by Crippen LogP contribution is -2.27. The van der Waals surface area contributed by atoms with Crippen LogP contribution < -0.4 is 9.80 Å². The Morgan fingerprint density at radius 2 is 1.65 bits per heavy atom. The Labute approximate surface area is 164 Å². The van der Waals surface area contributed by atoms with Crippen molar-refractivity contribution in [3.05, 3.63) is 64.6 Å². The van der Waals surface area contributed by atoms with E-state index in [2.05, 4.69) is 30.9 Å². The van der Waals surface area contributed by atoms with Crippen LogP contribution in [0.1, 0.15) is 25.0 Å². The molecule has 0 atom stereocenters. The molecule has 1 aliphatic rings. The number of rotatable bonds is 5. The highest BCUT2D eigenvalue weighted by Crippen LogP contribution is 2.36. The number of benzene rings is 2. The molecule has 0 aliphatic carbocycles. The van der Waals surface area contributed by atoms with Crippen molar-refractivity contribution in [2.75, 3.05) is 22.9 Å². The number of thioether (sulfide) groups is 1. The Kier molecular flexibility index (Phi) is 5.79. The number of amides is 1. The zero-order valence-corrected chi connectivity index (χ0v) is 16.9. The van der Waals surface area contributed by atoms with Crippen LogP contribution in [0.15, 0.2) is 53.4 Å². The number of thiocarbonyl (C=S) groups is 1. The summed E-state index contributed by atoms with van der Waals surface area (Å²) >= 11 is 6.79. The van der Waals surface area contributed by atoms with Crippen LogP contribution in [0.3, 0.4) is 0 Å². The SMILES string of the molecule is CCN(CC)c1ccc(/C=C2\SC(=S)N(c3ccc(C)cc3)C2=O)cc1. The molecule has 0 bridgehead atoms. The molecule has 26 heavy (non-hydrogen) atoms. The molecule has 0 spiro atoms. The summed E-state index contributed by atoms with van der Waals surface area (Å²) in [6, 6.07) is 16.1. The number of carbonyl (C=O) groups is 1. The van der Waals surface area contributed by atoms with Gasteiger partial charge in [-0.15, -0.1) is 0 Å². The van der Waals surface area contributed by atoms with Crippen LogP contribution >= 0.6 is 24.0 Å². The third kappa shape index (κ3) is 3.84. The minimum Gasteiger partial charge on any atom is -0.372 e. The first-order chi connectivity index (χ1) is 12.5. The van der Waals surface area contributed by atoms with Crippen LogP contribution in [0.5, 0.6) is 0 Å². The van der Waals surface area contributed by atoms with Crippen molar-refractivity contribution in [3.8, 4) is 0 Å². The predicted molar refractivity (Wildman–Crippen MR) is 117 cm³/mol. The highest BCUT2D eigenvalue weighted by atomic mass is 32.2. The summed E-state index contributed by atoms with van der Waals surface area (Å²) in [5, 5.41) is 0. The number of aryl methyl sites for hydroxylation is 1. The highest BCUT2D eigenvalue weighted by Gasteiger charge is 2.33. The fraction of sp³-hybridized carbons (Fsp3) is 0.238. The molecule has 0 N–H and O–H groups in total. The molecular weight excluding hydrogens is 360 g/mol. The highest BCUT2D eigenvalue weighted by molar-refractivity contribution is 8.27. The first kappa shape index (κ1) is 18.7. The van der Waals surface area contributed by atoms with E-state index in [-0.39, 0.29) is 5.91 Å². The Balaban J connectivity index is 1.82. The molecule has 0 radical (unpaired) electrons. The van der Waals surface area contributed by atoms with Crippen molar-refractivity contribution >= 4 is 51.7 Å². The van der Waals surface area contributed by atoms with E-state index >= 15 is 0 Å². The number of nitrogens with zero attached hydrogens (tertiary/aromatic N) is 2. The van der Waals surface area contributed by atoms with E-state index in [1.165, 1.54) is 17.4 Å². The van der Waals surface area contributed by atoms with E-state index in [1.54, 1.807) is 4.90 Å². The van der Waals surface area contributed by atoms with Crippen molar-refractivity contribution in [3.63, 3.8) is 0 Å². The van der Waals surface area contributed by atoms with Gasteiger partial charge in [0.15, 0.2) is 4.32 Å². The molecule has 2 aromatic carbocycles. The Morgan fingerprint density at radius 1 is 1.04 bits per heavy atom. The predicted octanol–water partition coefficient (Wildman–Crippen LogP) is 5.25. The maximum Gasteiger partial charge on any atom is 0.270 e. The van der Waals surface area contributed by atoms with Crippen LogP contribution in [0.4, 0.5) is 11.4 Å². The number of anilines is 2. The summed E-state index contributed by atoms with van der Waals surface area (Å²) in [5.74, 6) is -0.0586. The van der Waals surface area contributed by atoms with Crippen LogP contribution in [-0.4, -0.2) is 23.3 Å². The topological polar surface area (TPSA) is 23.6 Å². The average Bonchev–Trinajstić information content (AvgIpc) is 2.92. The summed E-state index contributed by atoms with van der Waals surface area (Å²) in [7, 11) is 0. The van der Waals surface area contributed by atoms with Crippen molar-refractivity contribution in [2.45, 2.75) is 20.8 Å². The van der Waals surface area contributed by atoms with Gasteiger partial charge in [-0.3, -0.25) is 9.69 Å². The maximum atomic E-state index is 12.8. The molecule has 1 heterocycles. The lowest BCUT2D eigenvalue weighted by atomic mass is 10.1. The molecule has 1 amide bonds. The van der Waals surface area contributed by atoms with E-state index in [9.17, 15) is 4.79 Å². The molecule has 1 fully saturated rings. The molecule has 0 saturated carbocycles. The molecule has 2 aromatic rings. The van der Waals surface area contributed by atoms with Crippen molar-refractivity contribution in [1.82, 2.24) is 0 Å². The third-order valence-electron chi connectivity index (χ3n) is 4.41. The minimum absolute atomic E-state index is 0.0586. The van der Waals surface area contributed by atoms with Crippen LogP contribution in [0, 0.1) is 6.92 Å². The monoisotopic (exact) mass is 382 g/mol. The molecule has 3 nitrogen and oxygen atoms in total. The zero-order chi connectivity index (χ0) is 18.7. The number of carbonyl (C=O) groups excluding carboxylic acids is 1.